The lowest BCUT2D eigenvalue weighted by molar-refractivity contribution is -0.107. The van der Waals surface area contributed by atoms with E-state index < -0.39 is 0 Å². The van der Waals surface area contributed by atoms with E-state index in [1.165, 1.54) is 0 Å². The van der Waals surface area contributed by atoms with Crippen LogP contribution in [0.3, 0.4) is 0 Å². The molecule has 0 aromatic heterocycles. The third kappa shape index (κ3) is 6.75. The molecule has 0 atom stereocenters. The molecule has 0 amide bonds. The Kier molecular flexibility index (Phi) is 4.11. The van der Waals surface area contributed by atoms with Crippen LogP contribution in [0, 0.1) is 0 Å². The molecule has 0 spiro atoms. The number of halogens is 1. The van der Waals surface area contributed by atoms with Gasteiger partial charge in [-0.05, 0) is 10.9 Å². The summed E-state index contributed by atoms with van der Waals surface area (Å²) in [6.07, 6.45) is 4.13. The molecule has 0 fully saturated rings. The first-order chi connectivity index (χ1) is 3.13. The summed E-state index contributed by atoms with van der Waals surface area (Å²) in [7, 11) is 0.297. The van der Waals surface area contributed by atoms with E-state index in [1.54, 1.807) is 0 Å². The molecule has 0 aliphatic carbocycles. The summed E-state index contributed by atoms with van der Waals surface area (Å²) in [6.45, 7) is 0. The quantitative estimate of drug-likeness (QED) is 0.390. The van der Waals surface area contributed by atoms with Gasteiger partial charge < -0.3 is 0 Å². The van der Waals surface area contributed by atoms with Crippen LogP contribution in [0.25, 0.3) is 0 Å². The van der Waals surface area contributed by atoms with Crippen LogP contribution in [0.15, 0.2) is 0 Å². The summed E-state index contributed by atoms with van der Waals surface area (Å²) in [4.78, 5) is 10.2. The Labute approximate surface area is 60.3 Å². The van der Waals surface area contributed by atoms with Gasteiger partial charge in [-0.15, -0.1) is 0 Å². The van der Waals surface area contributed by atoms with Gasteiger partial charge >= 0.3 is 0 Å². The minimum absolute atomic E-state index is 0.269. The van der Waals surface area contributed by atoms with Crippen LogP contribution in [0.2, 0.25) is 0 Å². The highest BCUT2D eigenvalue weighted by Gasteiger charge is 2.05. The van der Waals surface area contributed by atoms with Gasteiger partial charge in [0.05, 0.1) is 12.5 Å². The predicted molar refractivity (Wildman–Crippen MR) is 43.1 cm³/mol. The molecule has 3 heteroatoms. The first-order valence-corrected chi connectivity index (χ1v) is 5.14. The van der Waals surface area contributed by atoms with Crippen molar-refractivity contribution in [1.82, 2.24) is 0 Å². The highest BCUT2D eigenvalue weighted by atomic mass is 127. The SMILES string of the molecule is C[S+](C)CC(=O)I. The van der Waals surface area contributed by atoms with Gasteiger partial charge in [-0.25, -0.2) is 0 Å². The topological polar surface area (TPSA) is 17.1 Å². The standard InChI is InChI=1S/C4H8IOS/c1-7(2)3-4(5)6/h3H2,1-2H3/q+1. The first-order valence-electron chi connectivity index (χ1n) is 1.85. The van der Waals surface area contributed by atoms with Crippen molar-refractivity contribution in [3.8, 4) is 0 Å². The summed E-state index contributed by atoms with van der Waals surface area (Å²) in [6, 6.07) is 0. The lowest BCUT2D eigenvalue weighted by Gasteiger charge is -1.85. The van der Waals surface area contributed by atoms with Crippen molar-refractivity contribution in [2.75, 3.05) is 18.3 Å². The monoisotopic (exact) mass is 231 g/mol. The molecule has 42 valence electrons. The van der Waals surface area contributed by atoms with Crippen LogP contribution < -0.4 is 0 Å². The van der Waals surface area contributed by atoms with Crippen LogP contribution in [-0.2, 0) is 15.7 Å². The van der Waals surface area contributed by atoms with E-state index in [4.69, 9.17) is 0 Å². The number of hydrogen-bond acceptors (Lipinski definition) is 1. The van der Waals surface area contributed by atoms with E-state index in [1.807, 2.05) is 22.6 Å². The highest BCUT2D eigenvalue weighted by Crippen LogP contribution is 1.90. The second-order valence-electron chi connectivity index (χ2n) is 1.49. The fraction of sp³-hybridized carbons (Fsp3) is 0.750. The Morgan fingerprint density at radius 2 is 2.14 bits per heavy atom. The van der Waals surface area contributed by atoms with Crippen LogP contribution in [0.4, 0.5) is 0 Å². The third-order valence-corrected chi connectivity index (χ3v) is 2.14. The average molecular weight is 231 g/mol. The minimum atomic E-state index is 0.269. The maximum atomic E-state index is 10.2. The fourth-order valence-electron chi connectivity index (χ4n) is 0.227. The summed E-state index contributed by atoms with van der Waals surface area (Å²) < 4.78 is 0.269. The number of carbonyl (C=O) groups excluding carboxylic acids is 1. The molecular weight excluding hydrogens is 223 g/mol. The van der Waals surface area contributed by atoms with E-state index in [2.05, 4.69) is 12.5 Å². The summed E-state index contributed by atoms with van der Waals surface area (Å²) in [5.41, 5.74) is 0. The van der Waals surface area contributed by atoms with Gasteiger partial charge in [0.25, 0.3) is 0 Å². The Morgan fingerprint density at radius 3 is 2.14 bits per heavy atom. The molecule has 0 N–H and O–H groups in total. The lowest BCUT2D eigenvalue weighted by atomic mass is 10.9. The van der Waals surface area contributed by atoms with Gasteiger partial charge in [0.15, 0.2) is 5.75 Å². The molecule has 0 unspecified atom stereocenters. The number of rotatable bonds is 2. The van der Waals surface area contributed by atoms with Crippen molar-refractivity contribution in [3.63, 3.8) is 0 Å². The Bertz CT molecular complexity index is 72.1. The van der Waals surface area contributed by atoms with Crippen LogP contribution in [-0.4, -0.2) is 22.1 Å². The molecule has 7 heavy (non-hydrogen) atoms. The van der Waals surface area contributed by atoms with Crippen molar-refractivity contribution in [3.05, 3.63) is 0 Å². The van der Waals surface area contributed by atoms with E-state index in [0.29, 0.717) is 10.9 Å². The van der Waals surface area contributed by atoms with Crippen molar-refractivity contribution >= 4 is 37.3 Å². The molecule has 0 rings (SSSR count). The van der Waals surface area contributed by atoms with Crippen LogP contribution >= 0.6 is 22.6 Å². The second kappa shape index (κ2) is 3.72. The Hall–Kier alpha value is 0.750. The van der Waals surface area contributed by atoms with E-state index in [0.717, 1.165) is 5.75 Å². The van der Waals surface area contributed by atoms with Gasteiger partial charge in [0.1, 0.15) is 0 Å². The zero-order valence-electron chi connectivity index (χ0n) is 4.40. The number of hydrogen-bond donors (Lipinski definition) is 0. The van der Waals surface area contributed by atoms with Gasteiger partial charge in [0.2, 0.25) is 3.79 Å². The molecule has 0 saturated heterocycles. The molecule has 0 bridgehead atoms. The fourth-order valence-corrected chi connectivity index (χ4v) is 2.55. The van der Waals surface area contributed by atoms with Crippen molar-refractivity contribution in [2.24, 2.45) is 0 Å². The Morgan fingerprint density at radius 1 is 1.71 bits per heavy atom. The smallest absolute Gasteiger partial charge is 0.241 e. The highest BCUT2D eigenvalue weighted by molar-refractivity contribution is 14.1. The predicted octanol–water partition coefficient (Wildman–Crippen LogP) is 0.826. The first kappa shape index (κ1) is 7.75. The summed E-state index contributed by atoms with van der Waals surface area (Å²) in [5.74, 6) is 0.737. The molecule has 0 saturated carbocycles. The van der Waals surface area contributed by atoms with Gasteiger partial charge in [-0.2, -0.15) is 0 Å². The lowest BCUT2D eigenvalue weighted by Crippen LogP contribution is -2.06. The molecule has 0 heterocycles. The molecular formula is C4H8IOS+. The zero-order chi connectivity index (χ0) is 5.86. The largest absolute Gasteiger partial charge is 0.282 e. The van der Waals surface area contributed by atoms with Gasteiger partial charge in [-0.3, -0.25) is 4.79 Å². The van der Waals surface area contributed by atoms with Crippen molar-refractivity contribution < 1.29 is 4.79 Å². The zero-order valence-corrected chi connectivity index (χ0v) is 7.38. The summed E-state index contributed by atoms with van der Waals surface area (Å²) in [5, 5.41) is 0. The molecule has 0 radical (unpaired) electrons. The van der Waals surface area contributed by atoms with E-state index in [-0.39, 0.29) is 3.79 Å². The van der Waals surface area contributed by atoms with Crippen molar-refractivity contribution in [1.29, 1.82) is 0 Å². The molecule has 0 aliphatic rings. The van der Waals surface area contributed by atoms with Crippen LogP contribution in [0.5, 0.6) is 0 Å². The minimum Gasteiger partial charge on any atom is -0.282 e. The van der Waals surface area contributed by atoms with Crippen LogP contribution in [0.1, 0.15) is 0 Å². The Balaban J connectivity index is 3.13. The van der Waals surface area contributed by atoms with Gasteiger partial charge in [0, 0.05) is 22.6 Å². The molecule has 1 nitrogen and oxygen atoms in total. The van der Waals surface area contributed by atoms with E-state index >= 15 is 0 Å². The van der Waals surface area contributed by atoms with E-state index in [9.17, 15) is 4.79 Å². The maximum Gasteiger partial charge on any atom is 0.241 e. The third-order valence-electron chi connectivity index (χ3n) is 0.402. The normalized spacial score (nSPS) is 9.71. The molecule has 0 aromatic carbocycles. The van der Waals surface area contributed by atoms with Crippen molar-refractivity contribution in [2.45, 2.75) is 0 Å². The second-order valence-corrected chi connectivity index (χ2v) is 4.95. The average Bonchev–Trinajstić information content (AvgIpc) is 1.27. The summed E-state index contributed by atoms with van der Waals surface area (Å²) >= 11 is 1.83. The number of carbonyl (C=O) groups is 1. The maximum absolute atomic E-state index is 10.2. The molecule has 0 aromatic rings. The molecule has 0 aliphatic heterocycles. The van der Waals surface area contributed by atoms with Gasteiger partial charge in [-0.1, -0.05) is 0 Å².